The van der Waals surface area contributed by atoms with E-state index in [1.165, 1.54) is 23.3 Å². The van der Waals surface area contributed by atoms with Crippen LogP contribution in [0.15, 0.2) is 41.8 Å². The number of aromatic nitrogens is 5. The SMILES string of the molecule is N#Cc1cnn(-c2c(Cl)ccc3c(S(=O)Nc4cnn(C(F)F)c4OCl)c[nH]c23)c1. The van der Waals surface area contributed by atoms with Crippen molar-refractivity contribution >= 4 is 51.0 Å². The third-order valence-corrected chi connectivity index (χ3v) is 5.69. The largest absolute Gasteiger partial charge is 0.363 e. The van der Waals surface area contributed by atoms with Gasteiger partial charge in [-0.2, -0.15) is 28.9 Å². The van der Waals surface area contributed by atoms with Crippen LogP contribution in [0, 0.1) is 11.3 Å². The van der Waals surface area contributed by atoms with Crippen molar-refractivity contribution in [1.82, 2.24) is 24.5 Å². The predicted molar refractivity (Wildman–Crippen MR) is 105 cm³/mol. The average molecular weight is 472 g/mol. The molecule has 14 heteroatoms. The Morgan fingerprint density at radius 2 is 2.13 bits per heavy atom. The van der Waals surface area contributed by atoms with Crippen molar-refractivity contribution in [1.29, 1.82) is 5.26 Å². The number of nitrogens with one attached hydrogen (secondary N) is 2. The number of H-pyrrole nitrogens is 1. The van der Waals surface area contributed by atoms with Crippen molar-refractivity contribution in [2.24, 2.45) is 0 Å². The Hall–Kier alpha value is -3.14. The molecule has 0 radical (unpaired) electrons. The molecule has 0 spiro atoms. The van der Waals surface area contributed by atoms with Crippen LogP contribution in [-0.4, -0.2) is 28.8 Å². The van der Waals surface area contributed by atoms with E-state index in [4.69, 9.17) is 28.7 Å². The van der Waals surface area contributed by atoms with Crippen LogP contribution in [-0.2, 0) is 11.0 Å². The van der Waals surface area contributed by atoms with Gasteiger partial charge in [-0.05, 0) is 12.1 Å². The number of hydrogen-bond donors (Lipinski definition) is 2. The van der Waals surface area contributed by atoms with Gasteiger partial charge in [-0.15, -0.1) is 0 Å². The molecule has 1 atom stereocenters. The maximum Gasteiger partial charge on any atom is 0.336 e. The average Bonchev–Trinajstić information content (AvgIpc) is 3.45. The topological polar surface area (TPSA) is 114 Å². The lowest BCUT2D eigenvalue weighted by atomic mass is 10.2. The quantitative estimate of drug-likeness (QED) is 0.438. The number of rotatable bonds is 6. The summed E-state index contributed by atoms with van der Waals surface area (Å²) >= 11 is 11.6. The van der Waals surface area contributed by atoms with Gasteiger partial charge in [0.15, 0.2) is 11.0 Å². The van der Waals surface area contributed by atoms with Crippen LogP contribution in [0.4, 0.5) is 14.5 Å². The summed E-state index contributed by atoms with van der Waals surface area (Å²) in [6, 6.07) is 5.21. The smallest absolute Gasteiger partial charge is 0.336 e. The number of hydrogen-bond acceptors (Lipinski definition) is 5. The van der Waals surface area contributed by atoms with E-state index in [2.05, 4.69) is 24.2 Å². The summed E-state index contributed by atoms with van der Waals surface area (Å²) in [4.78, 5) is 3.29. The molecule has 4 aromatic rings. The Bertz CT molecular complexity index is 1310. The van der Waals surface area contributed by atoms with Crippen molar-refractivity contribution in [3.63, 3.8) is 0 Å². The fourth-order valence-electron chi connectivity index (χ4n) is 2.80. The highest BCUT2D eigenvalue weighted by Crippen LogP contribution is 2.34. The minimum absolute atomic E-state index is 0.0853. The lowest BCUT2D eigenvalue weighted by Crippen LogP contribution is -2.06. The first-order valence-corrected chi connectivity index (χ1v) is 9.85. The maximum absolute atomic E-state index is 12.9. The molecule has 0 aliphatic heterocycles. The number of anilines is 1. The summed E-state index contributed by atoms with van der Waals surface area (Å²) in [5.41, 5.74) is 1.22. The van der Waals surface area contributed by atoms with E-state index in [0.717, 1.165) is 6.20 Å². The number of fused-ring (bicyclic) bond motifs is 1. The van der Waals surface area contributed by atoms with Crippen molar-refractivity contribution in [2.45, 2.75) is 11.4 Å². The Labute approximate surface area is 179 Å². The second kappa shape index (κ2) is 7.94. The van der Waals surface area contributed by atoms with E-state index in [-0.39, 0.29) is 10.4 Å². The summed E-state index contributed by atoms with van der Waals surface area (Å²) in [7, 11) is -1.90. The lowest BCUT2D eigenvalue weighted by molar-refractivity contribution is 0.0515. The van der Waals surface area contributed by atoms with Gasteiger partial charge in [0.2, 0.25) is 0 Å². The molecule has 2 N–H and O–H groups in total. The fraction of sp³-hybridized carbons (Fsp3) is 0.0625. The van der Waals surface area contributed by atoms with Crippen LogP contribution in [0.3, 0.4) is 0 Å². The third-order valence-electron chi connectivity index (χ3n) is 4.09. The number of benzene rings is 1. The van der Waals surface area contributed by atoms with E-state index in [0.29, 0.717) is 32.1 Å². The van der Waals surface area contributed by atoms with Gasteiger partial charge in [-0.25, -0.2) is 8.89 Å². The fourth-order valence-corrected chi connectivity index (χ4v) is 4.19. The molecule has 0 saturated carbocycles. The molecular formula is C16H9Cl2F2N7O2S. The third kappa shape index (κ3) is 3.36. The van der Waals surface area contributed by atoms with Crippen molar-refractivity contribution in [2.75, 3.05) is 4.72 Å². The van der Waals surface area contributed by atoms with Crippen LogP contribution >= 0.6 is 23.5 Å². The molecule has 0 saturated heterocycles. The van der Waals surface area contributed by atoms with Crippen molar-refractivity contribution < 1.29 is 17.3 Å². The number of aromatic amines is 1. The van der Waals surface area contributed by atoms with E-state index in [1.807, 2.05) is 6.07 Å². The molecule has 1 unspecified atom stereocenters. The molecular weight excluding hydrogens is 463 g/mol. The summed E-state index contributed by atoms with van der Waals surface area (Å²) in [5.74, 6) is -0.482. The monoisotopic (exact) mass is 471 g/mol. The molecule has 154 valence electrons. The summed E-state index contributed by atoms with van der Waals surface area (Å²) in [5, 5.41) is 17.5. The Morgan fingerprint density at radius 3 is 2.80 bits per heavy atom. The molecule has 9 nitrogen and oxygen atoms in total. The lowest BCUT2D eigenvalue weighted by Gasteiger charge is -2.08. The van der Waals surface area contributed by atoms with Crippen LogP contribution in [0.25, 0.3) is 16.6 Å². The van der Waals surface area contributed by atoms with Crippen LogP contribution < -0.4 is 9.01 Å². The predicted octanol–water partition coefficient (Wildman–Crippen LogP) is 4.14. The van der Waals surface area contributed by atoms with Crippen LogP contribution in [0.1, 0.15) is 12.1 Å². The van der Waals surface area contributed by atoms with Crippen LogP contribution in [0.5, 0.6) is 5.88 Å². The van der Waals surface area contributed by atoms with Gasteiger partial charge in [0, 0.05) is 17.8 Å². The molecule has 30 heavy (non-hydrogen) atoms. The number of alkyl halides is 2. The standard InChI is InChI=1S/C16H9Cl2F2N7O2S/c17-10-2-1-9-12(6-22-13(9)14(10)26-7-8(3-21)4-23-26)30(28)25-11-5-24-27(16(19)20)15(11)29-18/h1-2,4-7,16,22,25H. The zero-order chi connectivity index (χ0) is 21.4. The minimum atomic E-state index is -2.99. The van der Waals surface area contributed by atoms with E-state index < -0.39 is 23.4 Å². The molecule has 0 aliphatic carbocycles. The van der Waals surface area contributed by atoms with Crippen molar-refractivity contribution in [3.8, 4) is 17.6 Å². The summed E-state index contributed by atoms with van der Waals surface area (Å²) in [6.45, 7) is -2.99. The first-order valence-electron chi connectivity index (χ1n) is 8.02. The van der Waals surface area contributed by atoms with Gasteiger partial charge in [0.25, 0.3) is 5.88 Å². The van der Waals surface area contributed by atoms with Gasteiger partial charge < -0.3 is 9.27 Å². The normalized spacial score (nSPS) is 12.3. The number of nitrogens with zero attached hydrogens (tertiary/aromatic N) is 5. The zero-order valence-electron chi connectivity index (χ0n) is 14.5. The molecule has 1 aromatic carbocycles. The molecule has 3 aromatic heterocycles. The van der Waals surface area contributed by atoms with Crippen LogP contribution in [0.2, 0.25) is 5.02 Å². The first-order chi connectivity index (χ1) is 14.4. The molecule has 3 heterocycles. The molecule has 0 aliphatic rings. The molecule has 0 amide bonds. The van der Waals surface area contributed by atoms with Gasteiger partial charge in [-0.1, -0.05) is 11.6 Å². The highest BCUT2D eigenvalue weighted by atomic mass is 35.5. The molecule has 0 fully saturated rings. The first kappa shape index (κ1) is 20.1. The Balaban J connectivity index is 1.73. The number of nitriles is 1. The van der Waals surface area contributed by atoms with E-state index in [9.17, 15) is 13.0 Å². The Morgan fingerprint density at radius 1 is 1.33 bits per heavy atom. The van der Waals surface area contributed by atoms with Gasteiger partial charge in [0.1, 0.15) is 29.3 Å². The summed E-state index contributed by atoms with van der Waals surface area (Å²) < 4.78 is 47.4. The van der Waals surface area contributed by atoms with Gasteiger partial charge in [-0.3, -0.25) is 4.72 Å². The Kier molecular flexibility index (Phi) is 5.33. The number of halogens is 4. The zero-order valence-corrected chi connectivity index (χ0v) is 16.8. The highest BCUT2D eigenvalue weighted by Gasteiger charge is 2.22. The molecule has 4 rings (SSSR count). The summed E-state index contributed by atoms with van der Waals surface area (Å²) in [6.07, 6.45) is 5.37. The second-order valence-corrected chi connectivity index (χ2v) is 7.53. The van der Waals surface area contributed by atoms with Gasteiger partial charge >= 0.3 is 6.55 Å². The highest BCUT2D eigenvalue weighted by molar-refractivity contribution is 7.86. The molecule has 0 bridgehead atoms. The minimum Gasteiger partial charge on any atom is -0.363 e. The van der Waals surface area contributed by atoms with Crippen molar-refractivity contribution in [3.05, 3.63) is 47.5 Å². The van der Waals surface area contributed by atoms with E-state index >= 15 is 0 Å². The van der Waals surface area contributed by atoms with Gasteiger partial charge in [0.05, 0.1) is 33.4 Å². The second-order valence-electron chi connectivity index (χ2n) is 5.79. The van der Waals surface area contributed by atoms with E-state index in [1.54, 1.807) is 12.1 Å². The maximum atomic E-state index is 12.9.